The molecule has 2 aromatic carbocycles. The van der Waals surface area contributed by atoms with Crippen LogP contribution in [0.1, 0.15) is 4.88 Å². The Morgan fingerprint density at radius 3 is 2.64 bits per heavy atom. The molecule has 1 unspecified atom stereocenters. The fraction of sp³-hybridized carbons (Fsp3) is 0.167. The third kappa shape index (κ3) is 3.66. The number of hydrogen-bond donors (Lipinski definition) is 1. The number of fused-ring (bicyclic) bond motifs is 2. The lowest BCUT2D eigenvalue weighted by Crippen LogP contribution is -2.50. The highest BCUT2D eigenvalue weighted by Crippen LogP contribution is 2.36. The van der Waals surface area contributed by atoms with E-state index >= 15 is 0 Å². The maximum absolute atomic E-state index is 13.4. The number of anilines is 1. The van der Waals surface area contributed by atoms with Crippen LogP contribution < -0.4 is 20.9 Å². The predicted molar refractivity (Wildman–Crippen MR) is 126 cm³/mol. The SMILES string of the molecule is Cc1sc2ncn(CC(=O)N3CC(C(N)=O)Oc4ccccc43)c(=O)c2c1-c1ccccc1. The normalized spacial score (nSPS) is 15.2. The Balaban J connectivity index is 1.54. The minimum atomic E-state index is -0.967. The van der Waals surface area contributed by atoms with Crippen LogP contribution in [-0.4, -0.2) is 34.0 Å². The average molecular weight is 461 g/mol. The molecule has 1 aliphatic rings. The molecule has 0 bridgehead atoms. The Kier molecular flexibility index (Phi) is 5.18. The first kappa shape index (κ1) is 20.9. The van der Waals surface area contributed by atoms with Gasteiger partial charge in [0, 0.05) is 10.4 Å². The maximum Gasteiger partial charge on any atom is 0.263 e. The number of thiophene rings is 1. The molecular formula is C24H20N4O4S. The first-order chi connectivity index (χ1) is 15.9. The van der Waals surface area contributed by atoms with E-state index in [0.717, 1.165) is 16.0 Å². The molecule has 1 atom stereocenters. The standard InChI is InChI=1S/C24H20N4O4S/c1-14-20(15-7-3-2-4-8-15)21-23(33-14)26-13-27(24(21)31)12-19(29)28-11-18(22(25)30)32-17-10-6-5-9-16(17)28/h2-10,13,18H,11-12H2,1H3,(H2,25,30). The van der Waals surface area contributed by atoms with Crippen molar-refractivity contribution in [1.29, 1.82) is 0 Å². The summed E-state index contributed by atoms with van der Waals surface area (Å²) in [5.74, 6) is -0.640. The molecular weight excluding hydrogens is 440 g/mol. The van der Waals surface area contributed by atoms with Crippen molar-refractivity contribution in [2.45, 2.75) is 19.6 Å². The highest BCUT2D eigenvalue weighted by molar-refractivity contribution is 7.19. The summed E-state index contributed by atoms with van der Waals surface area (Å²) < 4.78 is 6.93. The zero-order valence-corrected chi connectivity index (χ0v) is 18.5. The molecule has 0 saturated carbocycles. The Hall–Kier alpha value is -3.98. The Bertz CT molecular complexity index is 1440. The summed E-state index contributed by atoms with van der Waals surface area (Å²) in [4.78, 5) is 46.0. The van der Waals surface area contributed by atoms with E-state index in [2.05, 4.69) is 4.98 Å². The number of amides is 2. The highest BCUT2D eigenvalue weighted by atomic mass is 32.1. The zero-order chi connectivity index (χ0) is 23.1. The number of aryl methyl sites for hydroxylation is 1. The Labute approximate surface area is 192 Å². The second-order valence-corrected chi connectivity index (χ2v) is 8.94. The molecule has 33 heavy (non-hydrogen) atoms. The van der Waals surface area contributed by atoms with Crippen LogP contribution in [0.3, 0.4) is 0 Å². The number of aromatic nitrogens is 2. The molecule has 2 N–H and O–H groups in total. The maximum atomic E-state index is 13.4. The summed E-state index contributed by atoms with van der Waals surface area (Å²) in [7, 11) is 0. The number of hydrogen-bond acceptors (Lipinski definition) is 6. The zero-order valence-electron chi connectivity index (χ0n) is 17.7. The number of rotatable bonds is 4. The fourth-order valence-electron chi connectivity index (χ4n) is 4.05. The van der Waals surface area contributed by atoms with Gasteiger partial charge < -0.3 is 15.4 Å². The fourth-order valence-corrected chi connectivity index (χ4v) is 5.06. The largest absolute Gasteiger partial charge is 0.477 e. The van der Waals surface area contributed by atoms with Gasteiger partial charge in [-0.3, -0.25) is 19.0 Å². The Morgan fingerprint density at radius 1 is 1.15 bits per heavy atom. The number of carbonyl (C=O) groups excluding carboxylic acids is 2. The van der Waals surface area contributed by atoms with Gasteiger partial charge in [-0.25, -0.2) is 4.98 Å². The molecule has 1 aliphatic heterocycles. The van der Waals surface area contributed by atoms with Crippen molar-refractivity contribution in [2.75, 3.05) is 11.4 Å². The van der Waals surface area contributed by atoms with Crippen LogP contribution in [0.4, 0.5) is 5.69 Å². The number of carbonyl (C=O) groups is 2. The van der Waals surface area contributed by atoms with Crippen molar-refractivity contribution in [2.24, 2.45) is 5.73 Å². The van der Waals surface area contributed by atoms with E-state index in [1.807, 2.05) is 37.3 Å². The number of nitrogens with zero attached hydrogens (tertiary/aromatic N) is 3. The van der Waals surface area contributed by atoms with Crippen molar-refractivity contribution >= 4 is 39.1 Å². The lowest BCUT2D eigenvalue weighted by Gasteiger charge is -2.33. The first-order valence-corrected chi connectivity index (χ1v) is 11.1. The summed E-state index contributed by atoms with van der Waals surface area (Å²) in [5, 5.41) is 0.497. The monoisotopic (exact) mass is 460 g/mol. The molecule has 0 aliphatic carbocycles. The van der Waals surface area contributed by atoms with Crippen molar-refractivity contribution in [3.63, 3.8) is 0 Å². The number of ether oxygens (including phenoxy) is 1. The molecule has 0 radical (unpaired) electrons. The van der Waals surface area contributed by atoms with E-state index in [4.69, 9.17) is 10.5 Å². The van der Waals surface area contributed by atoms with Gasteiger partial charge in [0.15, 0.2) is 6.10 Å². The molecule has 166 valence electrons. The van der Waals surface area contributed by atoms with E-state index in [0.29, 0.717) is 21.7 Å². The second kappa shape index (κ2) is 8.18. The van der Waals surface area contributed by atoms with Crippen LogP contribution in [-0.2, 0) is 16.1 Å². The van der Waals surface area contributed by atoms with Crippen LogP contribution in [0, 0.1) is 6.92 Å². The van der Waals surface area contributed by atoms with Crippen LogP contribution in [0.5, 0.6) is 5.75 Å². The summed E-state index contributed by atoms with van der Waals surface area (Å²) >= 11 is 1.45. The van der Waals surface area contributed by atoms with E-state index in [1.165, 1.54) is 27.1 Å². The highest BCUT2D eigenvalue weighted by Gasteiger charge is 2.32. The third-order valence-corrected chi connectivity index (χ3v) is 6.63. The van der Waals surface area contributed by atoms with Gasteiger partial charge in [-0.15, -0.1) is 11.3 Å². The molecule has 0 spiro atoms. The van der Waals surface area contributed by atoms with E-state index in [-0.39, 0.29) is 24.6 Å². The van der Waals surface area contributed by atoms with Crippen molar-refractivity contribution in [3.8, 4) is 16.9 Å². The summed E-state index contributed by atoms with van der Waals surface area (Å²) in [6.07, 6.45) is 0.427. The molecule has 2 aromatic heterocycles. The summed E-state index contributed by atoms with van der Waals surface area (Å²) in [6, 6.07) is 16.6. The minimum absolute atomic E-state index is 0.0254. The lowest BCUT2D eigenvalue weighted by molar-refractivity contribution is -0.125. The number of nitrogens with two attached hydrogens (primary N) is 1. The minimum Gasteiger partial charge on any atom is -0.477 e. The van der Waals surface area contributed by atoms with Gasteiger partial charge in [-0.05, 0) is 24.6 Å². The second-order valence-electron chi connectivity index (χ2n) is 7.74. The molecule has 5 rings (SSSR count). The summed E-state index contributed by atoms with van der Waals surface area (Å²) in [6.45, 7) is 1.70. The molecule has 8 nitrogen and oxygen atoms in total. The first-order valence-electron chi connectivity index (χ1n) is 10.3. The third-order valence-electron chi connectivity index (χ3n) is 5.61. The summed E-state index contributed by atoms with van der Waals surface area (Å²) in [5.41, 5.74) is 7.43. The van der Waals surface area contributed by atoms with Gasteiger partial charge in [0.25, 0.3) is 11.5 Å². The van der Waals surface area contributed by atoms with Crippen LogP contribution in [0.2, 0.25) is 0 Å². The number of primary amides is 1. The van der Waals surface area contributed by atoms with E-state index < -0.39 is 12.0 Å². The van der Waals surface area contributed by atoms with Crippen LogP contribution in [0.25, 0.3) is 21.3 Å². The molecule has 3 heterocycles. The average Bonchev–Trinajstić information content (AvgIpc) is 3.17. The number of benzene rings is 2. The van der Waals surface area contributed by atoms with Gasteiger partial charge in [0.1, 0.15) is 17.1 Å². The van der Waals surface area contributed by atoms with E-state index in [9.17, 15) is 14.4 Å². The number of para-hydroxylation sites is 2. The molecule has 0 saturated heterocycles. The topological polar surface area (TPSA) is 108 Å². The van der Waals surface area contributed by atoms with Crippen LogP contribution >= 0.6 is 11.3 Å². The quantitative estimate of drug-likeness (QED) is 0.504. The predicted octanol–water partition coefficient (Wildman–Crippen LogP) is 2.71. The molecule has 2 amide bonds. The van der Waals surface area contributed by atoms with Gasteiger partial charge in [0.05, 0.1) is 23.9 Å². The van der Waals surface area contributed by atoms with Gasteiger partial charge >= 0.3 is 0 Å². The van der Waals surface area contributed by atoms with Crippen molar-refractivity contribution in [1.82, 2.24) is 9.55 Å². The van der Waals surface area contributed by atoms with Gasteiger partial charge in [0.2, 0.25) is 5.91 Å². The van der Waals surface area contributed by atoms with Crippen LogP contribution in [0.15, 0.2) is 65.7 Å². The van der Waals surface area contributed by atoms with Crippen molar-refractivity contribution < 1.29 is 14.3 Å². The Morgan fingerprint density at radius 2 is 1.88 bits per heavy atom. The molecule has 4 aromatic rings. The molecule has 0 fully saturated rings. The molecule has 9 heteroatoms. The lowest BCUT2D eigenvalue weighted by atomic mass is 10.0. The van der Waals surface area contributed by atoms with Gasteiger partial charge in [-0.1, -0.05) is 42.5 Å². The van der Waals surface area contributed by atoms with Gasteiger partial charge in [-0.2, -0.15) is 0 Å². The smallest absolute Gasteiger partial charge is 0.263 e. The van der Waals surface area contributed by atoms with E-state index in [1.54, 1.807) is 24.3 Å². The van der Waals surface area contributed by atoms with Crippen molar-refractivity contribution in [3.05, 3.63) is 76.2 Å².